The first kappa shape index (κ1) is 20.1. The maximum absolute atomic E-state index is 12.6. The number of piperazine rings is 1. The Bertz CT molecular complexity index is 739. The minimum Gasteiger partial charge on any atom is -0.464 e. The third-order valence-electron chi connectivity index (χ3n) is 5.19. The number of benzene rings is 2. The number of esters is 1. The zero-order valence-electron chi connectivity index (χ0n) is 16.6. The van der Waals surface area contributed by atoms with Crippen LogP contribution in [0.25, 0.3) is 0 Å². The fourth-order valence-electron chi connectivity index (χ4n) is 3.87. The van der Waals surface area contributed by atoms with Crippen LogP contribution in [0.5, 0.6) is 0 Å². The summed E-state index contributed by atoms with van der Waals surface area (Å²) in [5.41, 5.74) is 2.35. The maximum atomic E-state index is 12.6. The Morgan fingerprint density at radius 3 is 2.04 bits per heavy atom. The summed E-state index contributed by atoms with van der Waals surface area (Å²) in [4.78, 5) is 29.0. The van der Waals surface area contributed by atoms with Gasteiger partial charge >= 0.3 is 5.97 Å². The van der Waals surface area contributed by atoms with E-state index in [0.717, 1.165) is 0 Å². The van der Waals surface area contributed by atoms with Crippen LogP contribution in [0.1, 0.15) is 37.4 Å². The fourth-order valence-corrected chi connectivity index (χ4v) is 3.87. The van der Waals surface area contributed by atoms with Gasteiger partial charge in [0.1, 0.15) is 6.04 Å². The first-order valence-electron chi connectivity index (χ1n) is 9.95. The van der Waals surface area contributed by atoms with Gasteiger partial charge in [0, 0.05) is 26.1 Å². The van der Waals surface area contributed by atoms with Crippen LogP contribution in [0, 0.1) is 0 Å². The fraction of sp³-hybridized carbons (Fsp3) is 0.391. The van der Waals surface area contributed by atoms with Gasteiger partial charge in [0.2, 0.25) is 5.91 Å². The molecule has 0 saturated carbocycles. The minimum atomic E-state index is -0.573. The van der Waals surface area contributed by atoms with Gasteiger partial charge in [-0.1, -0.05) is 67.6 Å². The lowest BCUT2D eigenvalue weighted by Gasteiger charge is -2.43. The Hall–Kier alpha value is -2.66. The molecule has 1 unspecified atom stereocenters. The average molecular weight is 380 g/mol. The van der Waals surface area contributed by atoms with Crippen molar-refractivity contribution in [3.8, 4) is 0 Å². The highest BCUT2D eigenvalue weighted by molar-refractivity contribution is 5.85. The van der Waals surface area contributed by atoms with Crippen LogP contribution in [-0.2, 0) is 14.3 Å². The van der Waals surface area contributed by atoms with E-state index in [2.05, 4.69) is 29.2 Å². The van der Waals surface area contributed by atoms with E-state index in [1.807, 2.05) is 43.3 Å². The van der Waals surface area contributed by atoms with Crippen molar-refractivity contribution in [2.45, 2.75) is 32.4 Å². The molecule has 1 aliphatic rings. The Kier molecular flexibility index (Phi) is 6.82. The maximum Gasteiger partial charge on any atom is 0.330 e. The highest BCUT2D eigenvalue weighted by Gasteiger charge is 2.38. The first-order chi connectivity index (χ1) is 13.7. The summed E-state index contributed by atoms with van der Waals surface area (Å²) in [6, 6.07) is 20.0. The third-order valence-corrected chi connectivity index (χ3v) is 5.19. The summed E-state index contributed by atoms with van der Waals surface area (Å²) in [6.45, 7) is 5.61. The second-order valence-electron chi connectivity index (χ2n) is 6.93. The van der Waals surface area contributed by atoms with E-state index in [9.17, 15) is 9.59 Å². The highest BCUT2D eigenvalue weighted by Crippen LogP contribution is 2.31. The molecule has 0 aromatic heterocycles. The summed E-state index contributed by atoms with van der Waals surface area (Å²) < 4.78 is 5.29. The standard InChI is InChI=1S/C23H28N2O3/c1-3-21(26)25-16-15-24(17-20(25)23(27)28-4-2)22(18-11-7-5-8-12-18)19-13-9-6-10-14-19/h5-14,20,22H,3-4,15-17H2,1-2H3. The average Bonchev–Trinajstić information content (AvgIpc) is 2.75. The van der Waals surface area contributed by atoms with Gasteiger partial charge in [0.25, 0.3) is 0 Å². The molecule has 1 amide bonds. The molecule has 3 rings (SSSR count). The SMILES string of the molecule is CCOC(=O)C1CN(C(c2ccccc2)c2ccccc2)CCN1C(=O)CC. The van der Waals surface area contributed by atoms with Gasteiger partial charge in [-0.2, -0.15) is 0 Å². The monoisotopic (exact) mass is 380 g/mol. The largest absolute Gasteiger partial charge is 0.464 e. The van der Waals surface area contributed by atoms with Crippen molar-refractivity contribution in [1.82, 2.24) is 9.80 Å². The lowest BCUT2D eigenvalue weighted by molar-refractivity contribution is -0.158. The molecule has 1 atom stereocenters. The zero-order valence-corrected chi connectivity index (χ0v) is 16.6. The second kappa shape index (κ2) is 9.51. The number of amides is 1. The Labute approximate surface area is 166 Å². The molecule has 1 saturated heterocycles. The van der Waals surface area contributed by atoms with Crippen LogP contribution in [0.3, 0.4) is 0 Å². The predicted octanol–water partition coefficient (Wildman–Crippen LogP) is 3.26. The molecule has 0 bridgehead atoms. The highest BCUT2D eigenvalue weighted by atomic mass is 16.5. The van der Waals surface area contributed by atoms with Crippen LogP contribution in [-0.4, -0.2) is 54.0 Å². The van der Waals surface area contributed by atoms with Gasteiger partial charge in [0.05, 0.1) is 12.6 Å². The van der Waals surface area contributed by atoms with Crippen LogP contribution < -0.4 is 0 Å². The van der Waals surface area contributed by atoms with Crippen molar-refractivity contribution in [1.29, 1.82) is 0 Å². The van der Waals surface area contributed by atoms with Crippen molar-refractivity contribution in [2.24, 2.45) is 0 Å². The molecule has 1 heterocycles. The molecule has 2 aromatic carbocycles. The molecule has 5 nitrogen and oxygen atoms in total. The number of carbonyl (C=O) groups is 2. The van der Waals surface area contributed by atoms with Gasteiger partial charge in [-0.05, 0) is 18.1 Å². The number of rotatable bonds is 6. The molecule has 0 radical (unpaired) electrons. The number of ether oxygens (including phenoxy) is 1. The quantitative estimate of drug-likeness (QED) is 0.722. The molecule has 0 spiro atoms. The zero-order chi connectivity index (χ0) is 19.9. The molecule has 5 heteroatoms. The third kappa shape index (κ3) is 4.42. The van der Waals surface area contributed by atoms with Crippen LogP contribution in [0.15, 0.2) is 60.7 Å². The van der Waals surface area contributed by atoms with Crippen LogP contribution in [0.4, 0.5) is 0 Å². The van der Waals surface area contributed by atoms with Gasteiger partial charge in [-0.25, -0.2) is 4.79 Å². The molecule has 2 aromatic rings. The van der Waals surface area contributed by atoms with Crippen molar-refractivity contribution in [2.75, 3.05) is 26.2 Å². The summed E-state index contributed by atoms with van der Waals surface area (Å²) in [5.74, 6) is -0.331. The number of nitrogens with zero attached hydrogens (tertiary/aromatic N) is 2. The van der Waals surface area contributed by atoms with E-state index in [4.69, 9.17) is 4.74 Å². The smallest absolute Gasteiger partial charge is 0.330 e. The van der Waals surface area contributed by atoms with Crippen LogP contribution >= 0.6 is 0 Å². The molecule has 148 valence electrons. The Morgan fingerprint density at radius 1 is 0.964 bits per heavy atom. The van der Waals surface area contributed by atoms with Crippen molar-refractivity contribution in [3.63, 3.8) is 0 Å². The summed E-state index contributed by atoms with van der Waals surface area (Å²) in [6.07, 6.45) is 0.386. The van der Waals surface area contributed by atoms with Crippen molar-refractivity contribution in [3.05, 3.63) is 71.8 Å². The van der Waals surface area contributed by atoms with Crippen LogP contribution in [0.2, 0.25) is 0 Å². The lowest BCUT2D eigenvalue weighted by Crippen LogP contribution is -2.59. The van der Waals surface area contributed by atoms with Crippen molar-refractivity contribution >= 4 is 11.9 Å². The van der Waals surface area contributed by atoms with E-state index < -0.39 is 6.04 Å². The molecular weight excluding hydrogens is 352 g/mol. The van der Waals surface area contributed by atoms with Gasteiger partial charge in [-0.3, -0.25) is 9.69 Å². The molecule has 28 heavy (non-hydrogen) atoms. The topological polar surface area (TPSA) is 49.9 Å². The lowest BCUT2D eigenvalue weighted by atomic mass is 9.95. The number of carbonyl (C=O) groups excluding carboxylic acids is 2. The van der Waals surface area contributed by atoms with Gasteiger partial charge < -0.3 is 9.64 Å². The van der Waals surface area contributed by atoms with Crippen molar-refractivity contribution < 1.29 is 14.3 Å². The molecule has 1 fully saturated rings. The Balaban J connectivity index is 1.93. The van der Waals surface area contributed by atoms with Gasteiger partial charge in [-0.15, -0.1) is 0 Å². The normalized spacial score (nSPS) is 17.5. The molecule has 0 N–H and O–H groups in total. The molecule has 0 aliphatic carbocycles. The number of hydrogen-bond acceptors (Lipinski definition) is 4. The van der Waals surface area contributed by atoms with E-state index >= 15 is 0 Å². The van der Waals surface area contributed by atoms with E-state index in [0.29, 0.717) is 32.7 Å². The second-order valence-corrected chi connectivity index (χ2v) is 6.93. The first-order valence-corrected chi connectivity index (χ1v) is 9.95. The minimum absolute atomic E-state index is 0.00586. The summed E-state index contributed by atoms with van der Waals surface area (Å²) >= 11 is 0. The summed E-state index contributed by atoms with van der Waals surface area (Å²) in [5, 5.41) is 0. The Morgan fingerprint density at radius 2 is 1.54 bits per heavy atom. The molecule has 1 aliphatic heterocycles. The van der Waals surface area contributed by atoms with E-state index in [1.54, 1.807) is 11.8 Å². The predicted molar refractivity (Wildman–Crippen MR) is 109 cm³/mol. The van der Waals surface area contributed by atoms with Gasteiger partial charge in [0.15, 0.2) is 0 Å². The molecular formula is C23H28N2O3. The van der Waals surface area contributed by atoms with E-state index in [-0.39, 0.29) is 17.9 Å². The number of hydrogen-bond donors (Lipinski definition) is 0. The van der Waals surface area contributed by atoms with E-state index in [1.165, 1.54) is 11.1 Å². The summed E-state index contributed by atoms with van der Waals surface area (Å²) in [7, 11) is 0.